The van der Waals surface area contributed by atoms with Crippen molar-refractivity contribution in [2.24, 2.45) is 0 Å². The van der Waals surface area contributed by atoms with E-state index in [0.717, 1.165) is 10.9 Å². The third-order valence-corrected chi connectivity index (χ3v) is 3.53. The molecule has 0 saturated heterocycles. The van der Waals surface area contributed by atoms with Crippen LogP contribution in [0.5, 0.6) is 11.5 Å². The predicted octanol–water partition coefficient (Wildman–Crippen LogP) is 2.88. The third-order valence-electron chi connectivity index (χ3n) is 2.61. The van der Waals surface area contributed by atoms with Crippen molar-refractivity contribution in [3.63, 3.8) is 0 Å². The molecule has 17 heavy (non-hydrogen) atoms. The number of aryl methyl sites for hydroxylation is 1. The molecule has 2 aromatic rings. The zero-order valence-electron chi connectivity index (χ0n) is 9.67. The van der Waals surface area contributed by atoms with Crippen molar-refractivity contribution < 1.29 is 13.9 Å². The molecule has 0 radical (unpaired) electrons. The van der Waals surface area contributed by atoms with Crippen molar-refractivity contribution in [1.82, 2.24) is 0 Å². The highest BCUT2D eigenvalue weighted by Crippen LogP contribution is 2.36. The number of benzene rings is 1. The van der Waals surface area contributed by atoms with Crippen molar-refractivity contribution in [2.75, 3.05) is 14.2 Å². The zero-order valence-corrected chi connectivity index (χ0v) is 11.3. The van der Waals surface area contributed by atoms with Gasteiger partial charge in [-0.05, 0) is 40.5 Å². The monoisotopic (exact) mass is 298 g/mol. The van der Waals surface area contributed by atoms with Crippen molar-refractivity contribution >= 4 is 26.9 Å². The predicted molar refractivity (Wildman–Crippen MR) is 68.0 cm³/mol. The molecule has 4 nitrogen and oxygen atoms in total. The van der Waals surface area contributed by atoms with Gasteiger partial charge < -0.3 is 13.9 Å². The first-order chi connectivity index (χ1) is 8.10. The summed E-state index contributed by atoms with van der Waals surface area (Å²) >= 11 is 3.20. The van der Waals surface area contributed by atoms with Crippen LogP contribution in [0.2, 0.25) is 0 Å². The summed E-state index contributed by atoms with van der Waals surface area (Å²) < 4.78 is 16.0. The third kappa shape index (κ3) is 1.80. The summed E-state index contributed by atoms with van der Waals surface area (Å²) in [4.78, 5) is 11.6. The number of ether oxygens (including phenoxy) is 2. The molecule has 0 atom stereocenters. The van der Waals surface area contributed by atoms with Crippen LogP contribution in [0.3, 0.4) is 0 Å². The Morgan fingerprint density at radius 2 is 1.94 bits per heavy atom. The Morgan fingerprint density at radius 1 is 1.24 bits per heavy atom. The van der Waals surface area contributed by atoms with Crippen molar-refractivity contribution in [3.05, 3.63) is 32.6 Å². The highest BCUT2D eigenvalue weighted by Gasteiger charge is 2.16. The Hall–Kier alpha value is -1.49. The second kappa shape index (κ2) is 4.41. The normalized spacial score (nSPS) is 10.6. The van der Waals surface area contributed by atoms with Gasteiger partial charge in [0.05, 0.1) is 14.2 Å². The number of halogens is 1. The van der Waals surface area contributed by atoms with Gasteiger partial charge in [-0.15, -0.1) is 0 Å². The topological polar surface area (TPSA) is 48.7 Å². The molecule has 0 aliphatic heterocycles. The van der Waals surface area contributed by atoms with E-state index in [1.54, 1.807) is 6.07 Å². The molecule has 0 aliphatic rings. The lowest BCUT2D eigenvalue weighted by atomic mass is 10.1. The van der Waals surface area contributed by atoms with Crippen LogP contribution >= 0.6 is 15.9 Å². The van der Waals surface area contributed by atoms with Crippen LogP contribution in [0.15, 0.2) is 25.8 Å². The van der Waals surface area contributed by atoms with Gasteiger partial charge in [-0.25, -0.2) is 4.79 Å². The molecule has 2 rings (SSSR count). The first kappa shape index (κ1) is 12.0. The molecular formula is C12H11BrO4. The second-order valence-corrected chi connectivity index (χ2v) is 4.30. The Morgan fingerprint density at radius 3 is 2.53 bits per heavy atom. The van der Waals surface area contributed by atoms with E-state index >= 15 is 0 Å². The van der Waals surface area contributed by atoms with Crippen LogP contribution in [0, 0.1) is 6.92 Å². The lowest BCUT2D eigenvalue weighted by Crippen LogP contribution is -2.03. The first-order valence-electron chi connectivity index (χ1n) is 4.94. The van der Waals surface area contributed by atoms with Gasteiger partial charge in [-0.2, -0.15) is 0 Å². The maximum atomic E-state index is 11.6. The van der Waals surface area contributed by atoms with Gasteiger partial charge in [0.15, 0.2) is 11.3 Å². The summed E-state index contributed by atoms with van der Waals surface area (Å²) in [7, 11) is 3.04. The maximum Gasteiger partial charge on any atom is 0.351 e. The summed E-state index contributed by atoms with van der Waals surface area (Å²) in [5.74, 6) is 0.961. The molecule has 1 aromatic carbocycles. The van der Waals surface area contributed by atoms with E-state index in [1.165, 1.54) is 14.2 Å². The zero-order chi connectivity index (χ0) is 12.6. The van der Waals surface area contributed by atoms with Gasteiger partial charge >= 0.3 is 5.63 Å². The summed E-state index contributed by atoms with van der Waals surface area (Å²) in [6.45, 7) is 1.84. The van der Waals surface area contributed by atoms with E-state index in [9.17, 15) is 4.79 Å². The molecule has 0 fully saturated rings. The Kier molecular flexibility index (Phi) is 3.11. The second-order valence-electron chi connectivity index (χ2n) is 3.51. The highest BCUT2D eigenvalue weighted by atomic mass is 79.9. The molecule has 0 bridgehead atoms. The van der Waals surface area contributed by atoms with E-state index < -0.39 is 5.63 Å². The largest absolute Gasteiger partial charge is 0.493 e. The smallest absolute Gasteiger partial charge is 0.351 e. The van der Waals surface area contributed by atoms with Gasteiger partial charge in [0.2, 0.25) is 5.75 Å². The molecule has 0 spiro atoms. The van der Waals surface area contributed by atoms with Gasteiger partial charge in [-0.1, -0.05) is 0 Å². The highest BCUT2D eigenvalue weighted by molar-refractivity contribution is 9.10. The molecule has 0 unspecified atom stereocenters. The lowest BCUT2D eigenvalue weighted by Gasteiger charge is -2.10. The minimum atomic E-state index is -0.429. The summed E-state index contributed by atoms with van der Waals surface area (Å²) in [6, 6.07) is 3.61. The number of rotatable bonds is 2. The molecule has 1 aromatic heterocycles. The van der Waals surface area contributed by atoms with Gasteiger partial charge in [0.1, 0.15) is 4.47 Å². The molecule has 1 heterocycles. The van der Waals surface area contributed by atoms with Crippen LogP contribution in [-0.4, -0.2) is 14.2 Å². The number of hydrogen-bond acceptors (Lipinski definition) is 4. The fourth-order valence-corrected chi connectivity index (χ4v) is 2.00. The average molecular weight is 299 g/mol. The van der Waals surface area contributed by atoms with Crippen molar-refractivity contribution in [3.8, 4) is 11.5 Å². The quantitative estimate of drug-likeness (QED) is 0.800. The fourth-order valence-electron chi connectivity index (χ4n) is 1.70. The van der Waals surface area contributed by atoms with Gasteiger partial charge in [0.25, 0.3) is 0 Å². The Bertz CT molecular complexity index is 630. The molecule has 0 amide bonds. The van der Waals surface area contributed by atoms with E-state index in [1.807, 2.05) is 13.0 Å². The Labute approximate surface area is 106 Å². The number of fused-ring (bicyclic) bond motifs is 1. The van der Waals surface area contributed by atoms with Gasteiger partial charge in [0, 0.05) is 5.39 Å². The van der Waals surface area contributed by atoms with E-state index in [2.05, 4.69) is 15.9 Å². The maximum absolute atomic E-state index is 11.6. The fraction of sp³-hybridized carbons (Fsp3) is 0.250. The average Bonchev–Trinajstić information content (AvgIpc) is 2.34. The van der Waals surface area contributed by atoms with Crippen LogP contribution in [0.1, 0.15) is 5.56 Å². The molecule has 0 aliphatic carbocycles. The minimum Gasteiger partial charge on any atom is -0.493 e. The van der Waals surface area contributed by atoms with E-state index in [-0.39, 0.29) is 0 Å². The SMILES string of the molecule is COc1ccc2c(C)c(Br)c(=O)oc2c1OC. The minimum absolute atomic E-state index is 0.401. The molecule has 0 N–H and O–H groups in total. The van der Waals surface area contributed by atoms with Crippen LogP contribution in [0.4, 0.5) is 0 Å². The summed E-state index contributed by atoms with van der Waals surface area (Å²) in [5, 5.41) is 0.814. The number of methoxy groups -OCH3 is 2. The molecular weight excluding hydrogens is 288 g/mol. The summed E-state index contributed by atoms with van der Waals surface area (Å²) in [5.41, 5.74) is 0.788. The van der Waals surface area contributed by atoms with E-state index in [4.69, 9.17) is 13.9 Å². The Balaban J connectivity index is 2.95. The van der Waals surface area contributed by atoms with Crippen LogP contribution in [-0.2, 0) is 0 Å². The number of hydrogen-bond donors (Lipinski definition) is 0. The van der Waals surface area contributed by atoms with E-state index in [0.29, 0.717) is 21.6 Å². The lowest BCUT2D eigenvalue weighted by molar-refractivity contribution is 0.352. The van der Waals surface area contributed by atoms with Crippen molar-refractivity contribution in [2.45, 2.75) is 6.92 Å². The van der Waals surface area contributed by atoms with Crippen molar-refractivity contribution in [1.29, 1.82) is 0 Å². The standard InChI is InChI=1S/C12H11BrO4/c1-6-7-4-5-8(15-2)11(16-3)10(7)17-12(14)9(6)13/h4-5H,1-3H3. The van der Waals surface area contributed by atoms with Crippen LogP contribution in [0.25, 0.3) is 11.0 Å². The van der Waals surface area contributed by atoms with Crippen LogP contribution < -0.4 is 15.1 Å². The summed E-state index contributed by atoms with van der Waals surface area (Å²) in [6.07, 6.45) is 0. The van der Waals surface area contributed by atoms with Gasteiger partial charge in [-0.3, -0.25) is 0 Å². The first-order valence-corrected chi connectivity index (χ1v) is 5.73. The molecule has 0 saturated carbocycles. The molecule has 5 heteroatoms. The molecule has 90 valence electrons.